The summed E-state index contributed by atoms with van der Waals surface area (Å²) in [5.74, 6) is 0.405. The summed E-state index contributed by atoms with van der Waals surface area (Å²) in [4.78, 5) is 0. The van der Waals surface area contributed by atoms with E-state index in [0.29, 0.717) is 12.2 Å². The van der Waals surface area contributed by atoms with E-state index in [1.165, 1.54) is 0 Å². The Hall–Kier alpha value is -0.0500. The SMILES string of the molecule is CCOC(=N)c1cc(I)c(O)c(I)c1. The van der Waals surface area contributed by atoms with Crippen LogP contribution in [0, 0.1) is 12.5 Å². The molecule has 14 heavy (non-hydrogen) atoms. The molecule has 0 saturated carbocycles. The number of rotatable bonds is 2. The zero-order chi connectivity index (χ0) is 10.7. The van der Waals surface area contributed by atoms with Crippen molar-refractivity contribution in [1.29, 1.82) is 5.41 Å². The maximum absolute atomic E-state index is 9.52. The first-order chi connectivity index (χ1) is 6.56. The number of hydrogen-bond acceptors (Lipinski definition) is 3. The van der Waals surface area contributed by atoms with Crippen LogP contribution in [0.2, 0.25) is 0 Å². The summed E-state index contributed by atoms with van der Waals surface area (Å²) in [6.45, 7) is 2.32. The molecule has 0 radical (unpaired) electrons. The van der Waals surface area contributed by atoms with Gasteiger partial charge in [-0.1, -0.05) is 0 Å². The van der Waals surface area contributed by atoms with Crippen LogP contribution in [0.5, 0.6) is 5.75 Å². The van der Waals surface area contributed by atoms with Gasteiger partial charge in [0.25, 0.3) is 0 Å². The Kier molecular flexibility index (Phi) is 4.42. The van der Waals surface area contributed by atoms with Crippen molar-refractivity contribution in [3.8, 4) is 5.75 Å². The second-order valence-electron chi connectivity index (χ2n) is 2.55. The van der Waals surface area contributed by atoms with E-state index in [0.717, 1.165) is 7.14 Å². The van der Waals surface area contributed by atoms with E-state index in [-0.39, 0.29) is 11.6 Å². The summed E-state index contributed by atoms with van der Waals surface area (Å²) in [5, 5.41) is 17.1. The van der Waals surface area contributed by atoms with Crippen LogP contribution in [0.25, 0.3) is 0 Å². The lowest BCUT2D eigenvalue weighted by atomic mass is 10.2. The van der Waals surface area contributed by atoms with Crippen molar-refractivity contribution in [3.63, 3.8) is 0 Å². The highest BCUT2D eigenvalue weighted by Gasteiger charge is 2.09. The molecule has 0 saturated heterocycles. The van der Waals surface area contributed by atoms with Gasteiger partial charge >= 0.3 is 0 Å². The summed E-state index contributed by atoms with van der Waals surface area (Å²) in [6.07, 6.45) is 0. The highest BCUT2D eigenvalue weighted by molar-refractivity contribution is 14.1. The smallest absolute Gasteiger partial charge is 0.213 e. The van der Waals surface area contributed by atoms with Gasteiger partial charge in [-0.15, -0.1) is 0 Å². The van der Waals surface area contributed by atoms with Crippen molar-refractivity contribution in [2.75, 3.05) is 6.61 Å². The van der Waals surface area contributed by atoms with Crippen molar-refractivity contribution < 1.29 is 9.84 Å². The molecule has 0 aliphatic rings. The molecule has 0 aliphatic heterocycles. The van der Waals surface area contributed by atoms with Gasteiger partial charge in [0, 0.05) is 5.56 Å². The molecule has 0 atom stereocenters. The van der Waals surface area contributed by atoms with E-state index < -0.39 is 0 Å². The number of aromatic hydroxyl groups is 1. The molecule has 0 amide bonds. The van der Waals surface area contributed by atoms with Crippen molar-refractivity contribution in [2.24, 2.45) is 0 Å². The largest absolute Gasteiger partial charge is 0.506 e. The predicted octanol–water partition coefficient (Wildman–Crippen LogP) is 2.96. The van der Waals surface area contributed by atoms with Crippen LogP contribution in [0.15, 0.2) is 12.1 Å². The molecule has 0 aromatic heterocycles. The number of halogens is 2. The van der Waals surface area contributed by atoms with Gasteiger partial charge in [-0.3, -0.25) is 5.41 Å². The topological polar surface area (TPSA) is 53.3 Å². The van der Waals surface area contributed by atoms with Gasteiger partial charge in [0.2, 0.25) is 5.90 Å². The summed E-state index contributed by atoms with van der Waals surface area (Å²) < 4.78 is 6.53. The summed E-state index contributed by atoms with van der Waals surface area (Å²) in [5.41, 5.74) is 0.693. The van der Waals surface area contributed by atoms with Crippen LogP contribution < -0.4 is 0 Å². The molecule has 5 heteroatoms. The third kappa shape index (κ3) is 2.72. The molecule has 0 bridgehead atoms. The Labute approximate surface area is 110 Å². The first kappa shape index (κ1) is 12.0. The minimum absolute atomic E-state index is 0.142. The maximum Gasteiger partial charge on any atom is 0.213 e. The zero-order valence-corrected chi connectivity index (χ0v) is 11.8. The van der Waals surface area contributed by atoms with E-state index in [2.05, 4.69) is 0 Å². The first-order valence-electron chi connectivity index (χ1n) is 3.96. The lowest BCUT2D eigenvalue weighted by Gasteiger charge is -2.07. The Bertz CT molecular complexity index is 343. The zero-order valence-electron chi connectivity index (χ0n) is 7.47. The highest BCUT2D eigenvalue weighted by Crippen LogP contribution is 2.27. The fourth-order valence-electron chi connectivity index (χ4n) is 0.924. The first-order valence-corrected chi connectivity index (χ1v) is 6.11. The second-order valence-corrected chi connectivity index (χ2v) is 4.88. The molecular weight excluding hydrogens is 408 g/mol. The number of benzene rings is 1. The molecule has 0 fully saturated rings. The molecule has 1 rings (SSSR count). The normalized spacial score (nSPS) is 9.93. The number of phenols is 1. The van der Waals surface area contributed by atoms with Crippen molar-refractivity contribution in [2.45, 2.75) is 6.92 Å². The summed E-state index contributed by atoms with van der Waals surface area (Å²) in [6, 6.07) is 3.46. The predicted molar refractivity (Wildman–Crippen MR) is 72.0 cm³/mol. The van der Waals surface area contributed by atoms with Crippen molar-refractivity contribution in [3.05, 3.63) is 24.8 Å². The van der Waals surface area contributed by atoms with Crippen LogP contribution in [-0.2, 0) is 4.74 Å². The van der Waals surface area contributed by atoms with Crippen LogP contribution in [0.1, 0.15) is 12.5 Å². The van der Waals surface area contributed by atoms with Crippen LogP contribution in [-0.4, -0.2) is 17.6 Å². The average molecular weight is 417 g/mol. The van der Waals surface area contributed by atoms with Crippen LogP contribution in [0.3, 0.4) is 0 Å². The molecule has 3 nitrogen and oxygen atoms in total. The summed E-state index contributed by atoms with van der Waals surface area (Å²) >= 11 is 4.06. The monoisotopic (exact) mass is 417 g/mol. The average Bonchev–Trinajstić information content (AvgIpc) is 2.13. The van der Waals surface area contributed by atoms with Gasteiger partial charge in [-0.25, -0.2) is 0 Å². The lowest BCUT2D eigenvalue weighted by molar-refractivity contribution is 0.325. The van der Waals surface area contributed by atoms with Crippen LogP contribution >= 0.6 is 45.2 Å². The molecule has 0 spiro atoms. The van der Waals surface area contributed by atoms with E-state index in [1.54, 1.807) is 12.1 Å². The standard InChI is InChI=1S/C9H9I2NO2/c1-2-14-9(12)5-3-6(10)8(13)7(11)4-5/h3-4,12-13H,2H2,1H3. The maximum atomic E-state index is 9.52. The molecular formula is C9H9I2NO2. The third-order valence-corrected chi connectivity index (χ3v) is 3.21. The van der Waals surface area contributed by atoms with Gasteiger partial charge in [0.15, 0.2) is 0 Å². The van der Waals surface area contributed by atoms with Gasteiger partial charge in [0.05, 0.1) is 13.7 Å². The number of phenolic OH excluding ortho intramolecular Hbond substituents is 1. The van der Waals surface area contributed by atoms with Gasteiger partial charge in [-0.05, 0) is 64.2 Å². The van der Waals surface area contributed by atoms with Crippen molar-refractivity contribution >= 4 is 51.1 Å². The Morgan fingerprint density at radius 3 is 2.36 bits per heavy atom. The molecule has 76 valence electrons. The number of hydrogen-bond donors (Lipinski definition) is 2. The third-order valence-electron chi connectivity index (χ3n) is 1.57. The van der Waals surface area contributed by atoms with Gasteiger partial charge in [-0.2, -0.15) is 0 Å². The quantitative estimate of drug-likeness (QED) is 0.442. The number of ether oxygens (including phenoxy) is 1. The molecule has 1 aromatic carbocycles. The Morgan fingerprint density at radius 2 is 1.93 bits per heavy atom. The molecule has 0 heterocycles. The fourth-order valence-corrected chi connectivity index (χ4v) is 2.69. The number of nitrogens with one attached hydrogen (secondary N) is 1. The lowest BCUT2D eigenvalue weighted by Crippen LogP contribution is -2.05. The van der Waals surface area contributed by atoms with E-state index >= 15 is 0 Å². The van der Waals surface area contributed by atoms with E-state index in [4.69, 9.17) is 10.1 Å². The molecule has 0 aliphatic carbocycles. The second kappa shape index (κ2) is 5.15. The van der Waals surface area contributed by atoms with E-state index in [1.807, 2.05) is 52.1 Å². The fraction of sp³-hybridized carbons (Fsp3) is 0.222. The minimum Gasteiger partial charge on any atom is -0.506 e. The molecule has 1 aromatic rings. The Morgan fingerprint density at radius 1 is 1.43 bits per heavy atom. The molecule has 0 unspecified atom stereocenters. The minimum atomic E-state index is 0.142. The van der Waals surface area contributed by atoms with Gasteiger partial charge in [0.1, 0.15) is 5.75 Å². The molecule has 2 N–H and O–H groups in total. The van der Waals surface area contributed by atoms with Gasteiger partial charge < -0.3 is 9.84 Å². The highest BCUT2D eigenvalue weighted by atomic mass is 127. The van der Waals surface area contributed by atoms with Crippen LogP contribution in [0.4, 0.5) is 0 Å². The Balaban J connectivity index is 3.06. The summed E-state index contributed by atoms with van der Waals surface area (Å²) in [7, 11) is 0. The van der Waals surface area contributed by atoms with Crippen molar-refractivity contribution in [1.82, 2.24) is 0 Å². The van der Waals surface area contributed by atoms with E-state index in [9.17, 15) is 5.11 Å².